The van der Waals surface area contributed by atoms with Crippen LogP contribution >= 0.6 is 0 Å². The van der Waals surface area contributed by atoms with Crippen molar-refractivity contribution in [1.82, 2.24) is 4.98 Å². The smallest absolute Gasteiger partial charge is 0.123 e. The Morgan fingerprint density at radius 2 is 1.67 bits per heavy atom. The number of hydrogen-bond donors (Lipinski definition) is 1. The first-order valence-electron chi connectivity index (χ1n) is 7.47. The Kier molecular flexibility index (Phi) is 4.24. The van der Waals surface area contributed by atoms with E-state index in [1.807, 2.05) is 12.1 Å². The topological polar surface area (TPSA) is 15.8 Å². The van der Waals surface area contributed by atoms with Crippen molar-refractivity contribution in [3.8, 4) is 11.1 Å². The molecule has 0 aliphatic heterocycles. The fraction of sp³-hybridized carbons (Fsp3) is 0.444. The Morgan fingerprint density at radius 3 is 2.14 bits per heavy atom. The van der Waals surface area contributed by atoms with Crippen LogP contribution in [0.5, 0.6) is 0 Å². The van der Waals surface area contributed by atoms with Gasteiger partial charge in [0.15, 0.2) is 0 Å². The summed E-state index contributed by atoms with van der Waals surface area (Å²) in [6.07, 6.45) is 0. The minimum atomic E-state index is -0.191. The zero-order chi connectivity index (χ0) is 15.8. The second kappa shape index (κ2) is 5.64. The fourth-order valence-corrected chi connectivity index (χ4v) is 2.84. The number of H-pyrrole nitrogens is 1. The summed E-state index contributed by atoms with van der Waals surface area (Å²) in [4.78, 5) is 3.54. The van der Waals surface area contributed by atoms with Crippen molar-refractivity contribution in [2.75, 3.05) is 21.1 Å². The third-order valence-corrected chi connectivity index (χ3v) is 3.67. The van der Waals surface area contributed by atoms with Crippen LogP contribution in [0.4, 0.5) is 4.39 Å². The predicted molar refractivity (Wildman–Crippen MR) is 86.7 cm³/mol. The van der Waals surface area contributed by atoms with Gasteiger partial charge < -0.3 is 9.47 Å². The lowest BCUT2D eigenvalue weighted by Gasteiger charge is -2.25. The minimum absolute atomic E-state index is 0.191. The van der Waals surface area contributed by atoms with Crippen LogP contribution < -0.4 is 0 Å². The molecule has 1 heterocycles. The summed E-state index contributed by atoms with van der Waals surface area (Å²) < 4.78 is 14.1. The fourth-order valence-electron chi connectivity index (χ4n) is 2.84. The molecule has 114 valence electrons. The molecule has 2 aromatic rings. The Hall–Kier alpha value is -1.61. The molecule has 1 aromatic heterocycles. The van der Waals surface area contributed by atoms with Crippen LogP contribution in [-0.2, 0) is 6.54 Å². The van der Waals surface area contributed by atoms with Crippen molar-refractivity contribution in [2.24, 2.45) is 0 Å². The van der Waals surface area contributed by atoms with Crippen molar-refractivity contribution in [2.45, 2.75) is 33.2 Å². The molecule has 21 heavy (non-hydrogen) atoms. The molecule has 0 spiro atoms. The summed E-state index contributed by atoms with van der Waals surface area (Å²) in [6.45, 7) is 7.46. The van der Waals surface area contributed by atoms with Gasteiger partial charge in [-0.15, -0.1) is 0 Å². The first-order valence-corrected chi connectivity index (χ1v) is 7.47. The van der Waals surface area contributed by atoms with Gasteiger partial charge in [-0.25, -0.2) is 4.39 Å². The number of aromatic amines is 1. The van der Waals surface area contributed by atoms with E-state index in [0.717, 1.165) is 22.3 Å². The van der Waals surface area contributed by atoms with Gasteiger partial charge >= 0.3 is 0 Å². The van der Waals surface area contributed by atoms with Crippen molar-refractivity contribution in [1.29, 1.82) is 0 Å². The van der Waals surface area contributed by atoms with E-state index < -0.39 is 0 Å². The number of hydrogen-bond acceptors (Lipinski definition) is 0. The van der Waals surface area contributed by atoms with Gasteiger partial charge in [0.2, 0.25) is 0 Å². The standard InChI is InChI=1S/C18H26FN2/c1-12(2)18-16(11-21(4,5)6)17(13(3)20-18)14-7-9-15(19)10-8-14/h7-10,12,20H,11H2,1-6H3/q+1. The maximum absolute atomic E-state index is 13.2. The van der Waals surface area contributed by atoms with Crippen molar-refractivity contribution < 1.29 is 8.87 Å². The molecule has 0 aliphatic carbocycles. The van der Waals surface area contributed by atoms with Gasteiger partial charge in [0, 0.05) is 22.5 Å². The van der Waals surface area contributed by atoms with Gasteiger partial charge in [0.05, 0.1) is 21.1 Å². The molecular formula is C18H26FN2+. The predicted octanol–water partition coefficient (Wildman–Crippen LogP) is 4.46. The molecule has 0 unspecified atom stereocenters. The van der Waals surface area contributed by atoms with Crippen LogP contribution in [0.15, 0.2) is 24.3 Å². The molecule has 2 rings (SSSR count). The van der Waals surface area contributed by atoms with Gasteiger partial charge in [-0.2, -0.15) is 0 Å². The highest BCUT2D eigenvalue weighted by atomic mass is 19.1. The second-order valence-corrected chi connectivity index (χ2v) is 7.13. The van der Waals surface area contributed by atoms with Gasteiger partial charge in [-0.3, -0.25) is 0 Å². The van der Waals surface area contributed by atoms with Crippen molar-refractivity contribution >= 4 is 0 Å². The number of quaternary nitrogens is 1. The Morgan fingerprint density at radius 1 is 1.10 bits per heavy atom. The maximum Gasteiger partial charge on any atom is 0.123 e. The van der Waals surface area contributed by atoms with E-state index in [2.05, 4.69) is 46.9 Å². The zero-order valence-electron chi connectivity index (χ0n) is 13.9. The Labute approximate surface area is 127 Å². The molecule has 0 saturated carbocycles. The highest BCUT2D eigenvalue weighted by molar-refractivity contribution is 5.71. The molecule has 0 amide bonds. The molecule has 0 bridgehead atoms. The molecule has 0 fully saturated rings. The third-order valence-electron chi connectivity index (χ3n) is 3.67. The van der Waals surface area contributed by atoms with Crippen molar-refractivity contribution in [3.63, 3.8) is 0 Å². The van der Waals surface area contributed by atoms with Crippen LogP contribution in [0.25, 0.3) is 11.1 Å². The van der Waals surface area contributed by atoms with Gasteiger partial charge in [0.1, 0.15) is 12.4 Å². The van der Waals surface area contributed by atoms with E-state index in [4.69, 9.17) is 0 Å². The summed E-state index contributed by atoms with van der Waals surface area (Å²) in [5, 5.41) is 0. The second-order valence-electron chi connectivity index (χ2n) is 7.13. The molecule has 0 saturated heterocycles. The van der Waals surface area contributed by atoms with Crippen LogP contribution in [0.3, 0.4) is 0 Å². The minimum Gasteiger partial charge on any atom is -0.361 e. The normalized spacial score (nSPS) is 12.2. The average molecular weight is 289 g/mol. The van der Waals surface area contributed by atoms with Crippen LogP contribution in [0.2, 0.25) is 0 Å². The number of nitrogens with zero attached hydrogens (tertiary/aromatic N) is 1. The third kappa shape index (κ3) is 3.53. The van der Waals surface area contributed by atoms with Gasteiger partial charge in [0.25, 0.3) is 0 Å². The number of aromatic nitrogens is 1. The molecule has 2 nitrogen and oxygen atoms in total. The molecule has 1 N–H and O–H groups in total. The zero-order valence-corrected chi connectivity index (χ0v) is 13.9. The Balaban J connectivity index is 2.61. The molecule has 0 atom stereocenters. The maximum atomic E-state index is 13.2. The molecular weight excluding hydrogens is 263 g/mol. The number of rotatable bonds is 4. The summed E-state index contributed by atoms with van der Waals surface area (Å²) in [5.74, 6) is 0.253. The van der Waals surface area contributed by atoms with E-state index in [-0.39, 0.29) is 5.82 Å². The first-order chi connectivity index (χ1) is 9.69. The number of aryl methyl sites for hydroxylation is 1. The van der Waals surface area contributed by atoms with E-state index >= 15 is 0 Å². The lowest BCUT2D eigenvalue weighted by atomic mass is 9.96. The lowest BCUT2D eigenvalue weighted by Crippen LogP contribution is -2.33. The first kappa shape index (κ1) is 15.8. The lowest BCUT2D eigenvalue weighted by molar-refractivity contribution is -0.883. The number of nitrogens with one attached hydrogen (secondary N) is 1. The quantitative estimate of drug-likeness (QED) is 0.800. The monoisotopic (exact) mass is 289 g/mol. The highest BCUT2D eigenvalue weighted by Gasteiger charge is 2.23. The van der Waals surface area contributed by atoms with E-state index in [9.17, 15) is 4.39 Å². The summed E-state index contributed by atoms with van der Waals surface area (Å²) in [7, 11) is 6.59. The molecule has 0 aliphatic rings. The van der Waals surface area contributed by atoms with Gasteiger partial charge in [-0.1, -0.05) is 26.0 Å². The van der Waals surface area contributed by atoms with Crippen molar-refractivity contribution in [3.05, 3.63) is 47.0 Å². The van der Waals surface area contributed by atoms with Crippen LogP contribution in [0.1, 0.15) is 36.7 Å². The van der Waals surface area contributed by atoms with Gasteiger partial charge in [-0.05, 0) is 30.5 Å². The number of benzene rings is 1. The highest BCUT2D eigenvalue weighted by Crippen LogP contribution is 2.34. The Bertz CT molecular complexity index is 616. The summed E-state index contributed by atoms with van der Waals surface area (Å²) in [5.41, 5.74) is 6.11. The summed E-state index contributed by atoms with van der Waals surface area (Å²) in [6, 6.07) is 6.81. The molecule has 1 aromatic carbocycles. The molecule has 0 radical (unpaired) electrons. The largest absolute Gasteiger partial charge is 0.361 e. The molecule has 3 heteroatoms. The summed E-state index contributed by atoms with van der Waals surface area (Å²) >= 11 is 0. The van der Waals surface area contributed by atoms with Crippen LogP contribution in [-0.4, -0.2) is 30.6 Å². The number of halogens is 1. The van der Waals surface area contributed by atoms with E-state index in [1.54, 1.807) is 0 Å². The SMILES string of the molecule is Cc1[nH]c(C(C)C)c(C[N+](C)(C)C)c1-c1ccc(F)cc1. The van der Waals surface area contributed by atoms with E-state index in [0.29, 0.717) is 5.92 Å². The average Bonchev–Trinajstić information content (AvgIpc) is 2.66. The van der Waals surface area contributed by atoms with Crippen LogP contribution in [0, 0.1) is 12.7 Å². The van der Waals surface area contributed by atoms with E-state index in [1.165, 1.54) is 29.0 Å².